The number of hydrogen-bond acceptors (Lipinski definition) is 1. The van der Waals surface area contributed by atoms with Gasteiger partial charge in [0.25, 0.3) is 0 Å². The predicted molar refractivity (Wildman–Crippen MR) is 85.8 cm³/mol. The van der Waals surface area contributed by atoms with Crippen molar-refractivity contribution in [2.45, 2.75) is 64.8 Å². The average Bonchev–Trinajstić information content (AvgIpc) is 2.44. The van der Waals surface area contributed by atoms with Gasteiger partial charge in [0.15, 0.2) is 0 Å². The van der Waals surface area contributed by atoms with Crippen LogP contribution in [0.5, 0.6) is 0 Å². The van der Waals surface area contributed by atoms with Gasteiger partial charge in [0.2, 0.25) is 0 Å². The molecule has 1 rings (SSSR count). The topological polar surface area (TPSA) is 12.0 Å². The molecule has 0 radical (unpaired) electrons. The van der Waals surface area contributed by atoms with Crippen molar-refractivity contribution in [3.63, 3.8) is 0 Å². The Kier molecular flexibility index (Phi) is 8.88. The first-order valence-corrected chi connectivity index (χ1v) is 8.25. The van der Waals surface area contributed by atoms with Gasteiger partial charge < -0.3 is 5.32 Å². The Labute approximate surface area is 127 Å². The summed E-state index contributed by atoms with van der Waals surface area (Å²) in [5, 5.41) is 3.97. The number of benzene rings is 1. The van der Waals surface area contributed by atoms with Crippen LogP contribution in [-0.4, -0.2) is 6.54 Å². The van der Waals surface area contributed by atoms with E-state index in [1.807, 2.05) is 0 Å². The highest BCUT2D eigenvalue weighted by Gasteiger charge is 2.14. The van der Waals surface area contributed by atoms with Crippen molar-refractivity contribution < 1.29 is 4.39 Å². The molecule has 1 nitrogen and oxygen atoms in total. The molecule has 0 aliphatic carbocycles. The van der Waals surface area contributed by atoms with Crippen LogP contribution in [0, 0.1) is 5.82 Å². The van der Waals surface area contributed by atoms with Crippen molar-refractivity contribution >= 4 is 11.6 Å². The van der Waals surface area contributed by atoms with Gasteiger partial charge in [-0.25, -0.2) is 4.39 Å². The van der Waals surface area contributed by atoms with E-state index in [0.29, 0.717) is 10.6 Å². The van der Waals surface area contributed by atoms with Crippen LogP contribution < -0.4 is 5.32 Å². The Bertz CT molecular complexity index is 381. The van der Waals surface area contributed by atoms with Gasteiger partial charge in [0.05, 0.1) is 0 Å². The maximum absolute atomic E-state index is 13.9. The second-order valence-corrected chi connectivity index (χ2v) is 5.77. The van der Waals surface area contributed by atoms with E-state index in [-0.39, 0.29) is 11.9 Å². The first-order chi connectivity index (χ1) is 9.69. The third-order valence-corrected chi connectivity index (χ3v) is 3.87. The molecule has 114 valence electrons. The van der Waals surface area contributed by atoms with Gasteiger partial charge in [-0.1, -0.05) is 64.0 Å². The number of nitrogens with one attached hydrogen (secondary N) is 1. The van der Waals surface area contributed by atoms with E-state index in [1.165, 1.54) is 38.2 Å². The van der Waals surface area contributed by atoms with Crippen molar-refractivity contribution in [1.82, 2.24) is 5.32 Å². The number of hydrogen-bond donors (Lipinski definition) is 1. The van der Waals surface area contributed by atoms with E-state index in [4.69, 9.17) is 11.6 Å². The molecule has 0 aliphatic rings. The molecule has 0 bridgehead atoms. The summed E-state index contributed by atoms with van der Waals surface area (Å²) in [6.07, 6.45) is 8.51. The number of unbranched alkanes of at least 4 members (excludes halogenated alkanes) is 5. The van der Waals surface area contributed by atoms with Crippen LogP contribution in [0.4, 0.5) is 4.39 Å². The quantitative estimate of drug-likeness (QED) is 0.532. The summed E-state index contributed by atoms with van der Waals surface area (Å²) in [4.78, 5) is 0. The van der Waals surface area contributed by atoms with Crippen molar-refractivity contribution in [1.29, 1.82) is 0 Å². The maximum Gasteiger partial charge on any atom is 0.128 e. The van der Waals surface area contributed by atoms with Crippen LogP contribution in [-0.2, 0) is 0 Å². The molecular weight excluding hydrogens is 273 g/mol. The zero-order valence-electron chi connectivity index (χ0n) is 12.7. The van der Waals surface area contributed by atoms with Crippen molar-refractivity contribution in [3.8, 4) is 0 Å². The molecule has 0 aromatic heterocycles. The SMILES string of the molecule is CCCCCCCCC(NCC)c1cc(Cl)ccc1F. The van der Waals surface area contributed by atoms with Gasteiger partial charge in [-0.05, 0) is 31.2 Å². The second-order valence-electron chi connectivity index (χ2n) is 5.33. The zero-order chi connectivity index (χ0) is 14.8. The molecular formula is C17H27ClFN. The first-order valence-electron chi connectivity index (χ1n) is 7.87. The Balaban J connectivity index is 2.49. The molecule has 0 saturated carbocycles. The molecule has 20 heavy (non-hydrogen) atoms. The van der Waals surface area contributed by atoms with E-state index in [0.717, 1.165) is 19.4 Å². The number of halogens is 2. The smallest absolute Gasteiger partial charge is 0.128 e. The van der Waals surface area contributed by atoms with Crippen molar-refractivity contribution in [3.05, 3.63) is 34.6 Å². The van der Waals surface area contributed by atoms with Crippen molar-refractivity contribution in [2.24, 2.45) is 0 Å². The zero-order valence-corrected chi connectivity index (χ0v) is 13.5. The fraction of sp³-hybridized carbons (Fsp3) is 0.647. The van der Waals surface area contributed by atoms with Gasteiger partial charge in [0, 0.05) is 16.6 Å². The van der Waals surface area contributed by atoms with Crippen LogP contribution >= 0.6 is 11.6 Å². The minimum absolute atomic E-state index is 0.0740. The van der Waals surface area contributed by atoms with Crippen molar-refractivity contribution in [2.75, 3.05) is 6.54 Å². The Hall–Kier alpha value is -0.600. The standard InChI is InChI=1S/C17H27ClFN/c1-3-5-6-7-8-9-10-17(20-4-2)15-13-14(18)11-12-16(15)19/h11-13,17,20H,3-10H2,1-2H3. The fourth-order valence-corrected chi connectivity index (χ4v) is 2.70. The summed E-state index contributed by atoms with van der Waals surface area (Å²) in [6.45, 7) is 5.12. The normalized spacial score (nSPS) is 12.6. The predicted octanol–water partition coefficient (Wildman–Crippen LogP) is 5.88. The lowest BCUT2D eigenvalue weighted by molar-refractivity contribution is 0.458. The third kappa shape index (κ3) is 6.23. The van der Waals surface area contributed by atoms with Gasteiger partial charge in [-0.15, -0.1) is 0 Å². The van der Waals surface area contributed by atoms with Crippen LogP contribution in [0.1, 0.15) is 70.4 Å². The molecule has 3 heteroatoms. The highest BCUT2D eigenvalue weighted by Crippen LogP contribution is 2.25. The van der Waals surface area contributed by atoms with Crippen LogP contribution in [0.15, 0.2) is 18.2 Å². The van der Waals surface area contributed by atoms with Gasteiger partial charge in [-0.3, -0.25) is 0 Å². The first kappa shape index (κ1) is 17.5. The molecule has 0 aliphatic heterocycles. The van der Waals surface area contributed by atoms with Crippen LogP contribution in [0.2, 0.25) is 5.02 Å². The van der Waals surface area contributed by atoms with Gasteiger partial charge in [0.1, 0.15) is 5.82 Å². The molecule has 0 saturated heterocycles. The summed E-state index contributed by atoms with van der Waals surface area (Å²) in [5.41, 5.74) is 0.702. The highest BCUT2D eigenvalue weighted by molar-refractivity contribution is 6.30. The Morgan fingerprint density at radius 3 is 2.50 bits per heavy atom. The van der Waals surface area contributed by atoms with E-state index in [2.05, 4.69) is 19.2 Å². The molecule has 0 amide bonds. The van der Waals surface area contributed by atoms with Crippen LogP contribution in [0.3, 0.4) is 0 Å². The fourth-order valence-electron chi connectivity index (χ4n) is 2.52. The maximum atomic E-state index is 13.9. The summed E-state index contributed by atoms with van der Waals surface area (Å²) >= 11 is 5.99. The monoisotopic (exact) mass is 299 g/mol. The highest BCUT2D eigenvalue weighted by atomic mass is 35.5. The summed E-state index contributed by atoms with van der Waals surface area (Å²) in [7, 11) is 0. The summed E-state index contributed by atoms with van der Waals surface area (Å²) < 4.78 is 13.9. The molecule has 1 unspecified atom stereocenters. The molecule has 1 aromatic carbocycles. The Morgan fingerprint density at radius 1 is 1.10 bits per heavy atom. The second kappa shape index (κ2) is 10.2. The average molecular weight is 300 g/mol. The minimum Gasteiger partial charge on any atom is -0.310 e. The van der Waals surface area contributed by atoms with E-state index >= 15 is 0 Å². The molecule has 1 atom stereocenters. The number of rotatable bonds is 10. The van der Waals surface area contributed by atoms with E-state index in [1.54, 1.807) is 12.1 Å². The van der Waals surface area contributed by atoms with E-state index in [9.17, 15) is 4.39 Å². The largest absolute Gasteiger partial charge is 0.310 e. The molecule has 0 fully saturated rings. The van der Waals surface area contributed by atoms with Gasteiger partial charge in [-0.2, -0.15) is 0 Å². The lowest BCUT2D eigenvalue weighted by Gasteiger charge is -2.19. The van der Waals surface area contributed by atoms with Gasteiger partial charge >= 0.3 is 0 Å². The van der Waals surface area contributed by atoms with E-state index < -0.39 is 0 Å². The minimum atomic E-state index is -0.161. The Morgan fingerprint density at radius 2 is 1.80 bits per heavy atom. The molecule has 0 heterocycles. The lowest BCUT2D eigenvalue weighted by atomic mass is 9.99. The summed E-state index contributed by atoms with van der Waals surface area (Å²) in [5.74, 6) is -0.161. The third-order valence-electron chi connectivity index (χ3n) is 3.63. The molecule has 1 N–H and O–H groups in total. The molecule has 0 spiro atoms. The lowest BCUT2D eigenvalue weighted by Crippen LogP contribution is -2.22. The van der Waals surface area contributed by atoms with Crippen LogP contribution in [0.25, 0.3) is 0 Å². The summed E-state index contributed by atoms with van der Waals surface area (Å²) in [6, 6.07) is 4.89. The molecule has 1 aromatic rings.